The Morgan fingerprint density at radius 2 is 1.90 bits per heavy atom. The van der Waals surface area contributed by atoms with Gasteiger partial charge in [-0.1, -0.05) is 28.1 Å². The summed E-state index contributed by atoms with van der Waals surface area (Å²) in [7, 11) is 1.62. The molecule has 7 heteroatoms. The first kappa shape index (κ1) is 21.5. The van der Waals surface area contributed by atoms with Gasteiger partial charge in [0.2, 0.25) is 5.79 Å². The molecule has 4 rings (SSSR count). The number of benzene rings is 2. The molecule has 1 saturated heterocycles. The second-order valence-electron chi connectivity index (χ2n) is 8.74. The minimum atomic E-state index is -1.68. The third kappa shape index (κ3) is 3.41. The van der Waals surface area contributed by atoms with Crippen LogP contribution in [0, 0.1) is 5.41 Å². The van der Waals surface area contributed by atoms with Crippen LogP contribution in [0.3, 0.4) is 0 Å². The van der Waals surface area contributed by atoms with Crippen LogP contribution in [0.1, 0.15) is 37.8 Å². The number of carbonyl (C=O) groups excluding carboxylic acids is 1. The van der Waals surface area contributed by atoms with Gasteiger partial charge in [-0.2, -0.15) is 11.8 Å². The van der Waals surface area contributed by atoms with Crippen LogP contribution in [0.15, 0.2) is 46.9 Å². The third-order valence-electron chi connectivity index (χ3n) is 5.59. The van der Waals surface area contributed by atoms with E-state index in [2.05, 4.69) is 15.9 Å². The van der Waals surface area contributed by atoms with Gasteiger partial charge in [-0.15, -0.1) is 0 Å². The normalized spacial score (nSPS) is 27.6. The lowest BCUT2D eigenvalue weighted by atomic mass is 9.63. The lowest BCUT2D eigenvalue weighted by molar-refractivity contribution is -0.228. The van der Waals surface area contributed by atoms with Crippen molar-refractivity contribution in [3.63, 3.8) is 0 Å². The maximum absolute atomic E-state index is 13.7. The van der Waals surface area contributed by atoms with Crippen molar-refractivity contribution in [3.05, 3.63) is 58.1 Å². The molecule has 160 valence electrons. The average molecular weight is 493 g/mol. The fourth-order valence-electron chi connectivity index (χ4n) is 4.27. The number of rotatable bonds is 3. The van der Waals surface area contributed by atoms with E-state index in [1.165, 1.54) is 11.8 Å². The van der Waals surface area contributed by atoms with Crippen molar-refractivity contribution in [1.29, 1.82) is 0 Å². The van der Waals surface area contributed by atoms with Crippen molar-refractivity contribution < 1.29 is 24.1 Å². The SMILES string of the molecule is COc1ccc([C@H]2c3cc(Br)ccc3O[C@@]3(O)CSC[C@@]23C(=O)OC(C)(C)C)cc1. The summed E-state index contributed by atoms with van der Waals surface area (Å²) in [6, 6.07) is 13.3. The molecule has 3 atom stereocenters. The second kappa shape index (κ2) is 7.46. The van der Waals surface area contributed by atoms with Gasteiger partial charge in [0.05, 0.1) is 12.9 Å². The number of fused-ring (bicyclic) bond motifs is 2. The summed E-state index contributed by atoms with van der Waals surface area (Å²) in [5, 5.41) is 11.7. The molecule has 1 fully saturated rings. The molecule has 5 nitrogen and oxygen atoms in total. The highest BCUT2D eigenvalue weighted by molar-refractivity contribution is 9.10. The van der Waals surface area contributed by atoms with E-state index >= 15 is 0 Å². The number of esters is 1. The van der Waals surface area contributed by atoms with E-state index in [1.807, 2.05) is 63.2 Å². The highest BCUT2D eigenvalue weighted by Crippen LogP contribution is 2.61. The summed E-state index contributed by atoms with van der Waals surface area (Å²) >= 11 is 5.04. The molecular formula is C23H25BrO5S. The number of thioether (sulfide) groups is 1. The first-order chi connectivity index (χ1) is 14.1. The summed E-state index contributed by atoms with van der Waals surface area (Å²) in [6.07, 6.45) is 0. The molecule has 2 aliphatic rings. The van der Waals surface area contributed by atoms with Crippen LogP contribution in [-0.2, 0) is 9.53 Å². The van der Waals surface area contributed by atoms with Gasteiger partial charge in [-0.3, -0.25) is 4.79 Å². The molecule has 2 aliphatic heterocycles. The number of hydrogen-bond acceptors (Lipinski definition) is 6. The van der Waals surface area contributed by atoms with Gasteiger partial charge < -0.3 is 19.3 Å². The zero-order valence-electron chi connectivity index (χ0n) is 17.4. The number of hydrogen-bond donors (Lipinski definition) is 1. The fourth-order valence-corrected chi connectivity index (χ4v) is 6.18. The van der Waals surface area contributed by atoms with E-state index in [4.69, 9.17) is 14.2 Å². The summed E-state index contributed by atoms with van der Waals surface area (Å²) < 4.78 is 18.2. The standard InChI is InChI=1S/C23H25BrO5S/c1-21(2,3)29-20(25)22-12-30-13-23(22,26)28-18-10-7-15(24)11-17(18)19(22)14-5-8-16(27-4)9-6-14/h5-11,19,26H,12-13H2,1-4H3/t19-,22-,23-/m0/s1. The van der Waals surface area contributed by atoms with E-state index in [0.29, 0.717) is 11.5 Å². The molecule has 2 aromatic carbocycles. The van der Waals surface area contributed by atoms with Gasteiger partial charge >= 0.3 is 5.97 Å². The largest absolute Gasteiger partial charge is 0.497 e. The minimum absolute atomic E-state index is 0.286. The van der Waals surface area contributed by atoms with Crippen LogP contribution in [0.5, 0.6) is 11.5 Å². The zero-order chi connectivity index (χ0) is 21.7. The molecule has 2 aromatic rings. The van der Waals surface area contributed by atoms with Gasteiger partial charge in [-0.05, 0) is 56.7 Å². The van der Waals surface area contributed by atoms with Crippen LogP contribution in [-0.4, -0.2) is 41.1 Å². The maximum atomic E-state index is 13.7. The zero-order valence-corrected chi connectivity index (χ0v) is 19.8. The Kier molecular flexibility index (Phi) is 5.36. The Balaban J connectivity index is 1.96. The van der Waals surface area contributed by atoms with Gasteiger partial charge in [-0.25, -0.2) is 0 Å². The quantitative estimate of drug-likeness (QED) is 0.623. The second-order valence-corrected chi connectivity index (χ2v) is 10.6. The molecule has 30 heavy (non-hydrogen) atoms. The molecule has 0 unspecified atom stereocenters. The third-order valence-corrected chi connectivity index (χ3v) is 7.34. The van der Waals surface area contributed by atoms with Crippen molar-refractivity contribution in [3.8, 4) is 11.5 Å². The summed E-state index contributed by atoms with van der Waals surface area (Å²) in [5.74, 6) is -0.597. The van der Waals surface area contributed by atoms with Crippen LogP contribution >= 0.6 is 27.7 Å². The molecule has 2 heterocycles. The van der Waals surface area contributed by atoms with Gasteiger partial charge in [0.15, 0.2) is 5.41 Å². The van der Waals surface area contributed by atoms with Gasteiger partial charge in [0.1, 0.15) is 17.1 Å². The van der Waals surface area contributed by atoms with E-state index in [-0.39, 0.29) is 5.75 Å². The molecule has 0 spiro atoms. The number of methoxy groups -OCH3 is 1. The van der Waals surface area contributed by atoms with Crippen LogP contribution in [0.25, 0.3) is 0 Å². The molecule has 0 bridgehead atoms. The van der Waals surface area contributed by atoms with Crippen molar-refractivity contribution in [2.24, 2.45) is 5.41 Å². The number of carbonyl (C=O) groups is 1. The monoisotopic (exact) mass is 492 g/mol. The van der Waals surface area contributed by atoms with Gasteiger partial charge in [0, 0.05) is 21.7 Å². The first-order valence-corrected chi connectivity index (χ1v) is 11.7. The average Bonchev–Trinajstić information content (AvgIpc) is 3.02. The minimum Gasteiger partial charge on any atom is -0.497 e. The smallest absolute Gasteiger partial charge is 0.321 e. The van der Waals surface area contributed by atoms with E-state index in [9.17, 15) is 9.90 Å². The van der Waals surface area contributed by atoms with Crippen LogP contribution in [0.2, 0.25) is 0 Å². The van der Waals surface area contributed by atoms with Gasteiger partial charge in [0.25, 0.3) is 0 Å². The highest BCUT2D eigenvalue weighted by Gasteiger charge is 2.70. The van der Waals surface area contributed by atoms with E-state index < -0.39 is 28.7 Å². The molecule has 1 N–H and O–H groups in total. The number of ether oxygens (including phenoxy) is 3. The number of halogens is 1. The highest BCUT2D eigenvalue weighted by atomic mass is 79.9. The van der Waals surface area contributed by atoms with Crippen molar-refractivity contribution >= 4 is 33.7 Å². The molecule has 0 radical (unpaired) electrons. The van der Waals surface area contributed by atoms with Crippen molar-refractivity contribution in [2.45, 2.75) is 38.1 Å². The van der Waals surface area contributed by atoms with Crippen molar-refractivity contribution in [2.75, 3.05) is 18.6 Å². The van der Waals surface area contributed by atoms with E-state index in [1.54, 1.807) is 7.11 Å². The first-order valence-electron chi connectivity index (χ1n) is 9.76. The predicted molar refractivity (Wildman–Crippen MR) is 120 cm³/mol. The Labute approximate surface area is 189 Å². The van der Waals surface area contributed by atoms with Crippen LogP contribution < -0.4 is 9.47 Å². The maximum Gasteiger partial charge on any atom is 0.321 e. The Morgan fingerprint density at radius 3 is 2.53 bits per heavy atom. The fraction of sp³-hybridized carbons (Fsp3) is 0.435. The van der Waals surface area contributed by atoms with Crippen molar-refractivity contribution in [1.82, 2.24) is 0 Å². The Morgan fingerprint density at radius 1 is 1.20 bits per heavy atom. The molecule has 0 aliphatic carbocycles. The molecule has 0 amide bonds. The lowest BCUT2D eigenvalue weighted by Gasteiger charge is -2.49. The molecule has 0 saturated carbocycles. The Bertz CT molecular complexity index is 971. The van der Waals surface area contributed by atoms with Crippen LogP contribution in [0.4, 0.5) is 0 Å². The topological polar surface area (TPSA) is 65.0 Å². The van der Waals surface area contributed by atoms with E-state index in [0.717, 1.165) is 21.3 Å². The molecule has 0 aromatic heterocycles. The number of aliphatic hydroxyl groups is 1. The summed E-state index contributed by atoms with van der Waals surface area (Å²) in [5.41, 5.74) is -0.243. The lowest BCUT2D eigenvalue weighted by Crippen LogP contribution is -2.62. The Hall–Kier alpha value is -1.70. The molecular weight excluding hydrogens is 468 g/mol. The summed E-state index contributed by atoms with van der Waals surface area (Å²) in [6.45, 7) is 5.50. The summed E-state index contributed by atoms with van der Waals surface area (Å²) in [4.78, 5) is 13.7. The predicted octanol–water partition coefficient (Wildman–Crippen LogP) is 4.75.